The summed E-state index contributed by atoms with van der Waals surface area (Å²) in [5, 5.41) is 9.45. The van der Waals surface area contributed by atoms with E-state index < -0.39 is 0 Å². The van der Waals surface area contributed by atoms with E-state index in [1.807, 2.05) is 12.1 Å². The second-order valence-corrected chi connectivity index (χ2v) is 7.83. The summed E-state index contributed by atoms with van der Waals surface area (Å²) in [6, 6.07) is 7.62. The van der Waals surface area contributed by atoms with Crippen molar-refractivity contribution in [1.29, 1.82) is 0 Å². The summed E-state index contributed by atoms with van der Waals surface area (Å²) < 4.78 is 16.8. The van der Waals surface area contributed by atoms with Gasteiger partial charge in [0.05, 0.1) is 37.1 Å². The molecular formula is C21H30O4. The van der Waals surface area contributed by atoms with Crippen LogP contribution in [0, 0.1) is 0 Å². The van der Waals surface area contributed by atoms with Crippen LogP contribution in [0.3, 0.4) is 0 Å². The molecule has 4 nitrogen and oxygen atoms in total. The maximum absolute atomic E-state index is 9.45. The van der Waals surface area contributed by atoms with E-state index in [-0.39, 0.29) is 0 Å². The number of phenolic OH excluding ortho intramolecular Hbond substituents is 1. The van der Waals surface area contributed by atoms with Gasteiger partial charge in [-0.25, -0.2) is 0 Å². The zero-order chi connectivity index (χ0) is 17.1. The first-order valence-electron chi connectivity index (χ1n) is 9.98. The van der Waals surface area contributed by atoms with Crippen LogP contribution in [-0.4, -0.2) is 42.2 Å². The molecule has 25 heavy (non-hydrogen) atoms. The summed E-state index contributed by atoms with van der Waals surface area (Å²) in [4.78, 5) is 0. The molecule has 0 amide bonds. The molecule has 0 spiro atoms. The Balaban J connectivity index is 0.971. The third-order valence-corrected chi connectivity index (χ3v) is 5.60. The van der Waals surface area contributed by atoms with Gasteiger partial charge in [0.25, 0.3) is 0 Å². The number of benzene rings is 1. The van der Waals surface area contributed by atoms with Crippen molar-refractivity contribution in [1.82, 2.24) is 0 Å². The smallest absolute Gasteiger partial charge is 0.115 e. The van der Waals surface area contributed by atoms with Crippen LogP contribution in [-0.2, 0) is 20.6 Å². The number of ether oxygens (including phenoxy) is 3. The highest BCUT2D eigenvalue weighted by molar-refractivity contribution is 5.27. The van der Waals surface area contributed by atoms with E-state index in [9.17, 15) is 5.11 Å². The molecule has 5 unspecified atom stereocenters. The summed E-state index contributed by atoms with van der Waals surface area (Å²) in [6.45, 7) is 0.933. The lowest BCUT2D eigenvalue weighted by Crippen LogP contribution is -2.03. The fraction of sp³-hybridized carbons (Fsp3) is 0.714. The van der Waals surface area contributed by atoms with Gasteiger partial charge >= 0.3 is 0 Å². The highest BCUT2D eigenvalue weighted by Gasteiger charge is 2.49. The lowest BCUT2D eigenvalue weighted by Gasteiger charge is -2.03. The molecular weight excluding hydrogens is 316 g/mol. The van der Waals surface area contributed by atoms with Crippen LogP contribution in [0.4, 0.5) is 0 Å². The van der Waals surface area contributed by atoms with E-state index in [4.69, 9.17) is 14.2 Å². The van der Waals surface area contributed by atoms with Gasteiger partial charge in [-0.1, -0.05) is 37.8 Å². The fourth-order valence-electron chi connectivity index (χ4n) is 3.84. The van der Waals surface area contributed by atoms with Gasteiger partial charge < -0.3 is 19.3 Å². The number of epoxide rings is 3. The van der Waals surface area contributed by atoms with Crippen molar-refractivity contribution < 1.29 is 19.3 Å². The van der Waals surface area contributed by atoms with Crippen LogP contribution in [0.5, 0.6) is 5.75 Å². The fourth-order valence-corrected chi connectivity index (χ4v) is 3.84. The molecule has 5 atom stereocenters. The Morgan fingerprint density at radius 1 is 0.880 bits per heavy atom. The molecule has 4 rings (SSSR count). The number of rotatable bonds is 12. The molecule has 0 radical (unpaired) electrons. The monoisotopic (exact) mass is 346 g/mol. The van der Waals surface area contributed by atoms with E-state index in [1.54, 1.807) is 6.07 Å². The molecule has 1 aromatic rings. The van der Waals surface area contributed by atoms with Crippen molar-refractivity contribution >= 4 is 0 Å². The third kappa shape index (κ3) is 5.70. The standard InChI is InChI=1S/C21H30O4/c22-16-9-6-8-15(11-16)7-4-2-1-3-5-10-18-20(24-18)13-21-19(25-21)12-17-14-23-17/h6,8-9,11,17-22H,1-5,7,10,12-14H2. The predicted molar refractivity (Wildman–Crippen MR) is 95.8 cm³/mol. The van der Waals surface area contributed by atoms with Crippen molar-refractivity contribution in [3.63, 3.8) is 0 Å². The Labute approximate surface area is 150 Å². The lowest BCUT2D eigenvalue weighted by atomic mass is 10.0. The molecule has 3 aliphatic rings. The van der Waals surface area contributed by atoms with Crippen molar-refractivity contribution in [2.45, 2.75) is 88.3 Å². The number of phenols is 1. The third-order valence-electron chi connectivity index (χ3n) is 5.60. The molecule has 0 saturated carbocycles. The summed E-state index contributed by atoms with van der Waals surface area (Å²) in [6.07, 6.45) is 13.1. The molecule has 0 aliphatic carbocycles. The van der Waals surface area contributed by atoms with Crippen LogP contribution in [0.2, 0.25) is 0 Å². The highest BCUT2D eigenvalue weighted by atomic mass is 16.6. The second-order valence-electron chi connectivity index (χ2n) is 7.83. The molecule has 1 N–H and O–H groups in total. The molecule has 0 bridgehead atoms. The van der Waals surface area contributed by atoms with Crippen LogP contribution < -0.4 is 0 Å². The van der Waals surface area contributed by atoms with E-state index in [1.165, 1.54) is 44.1 Å². The average molecular weight is 346 g/mol. The number of aromatic hydroxyl groups is 1. The molecule has 3 heterocycles. The van der Waals surface area contributed by atoms with Gasteiger partial charge in [0.1, 0.15) is 5.75 Å². The Kier molecular flexibility index (Phi) is 5.59. The van der Waals surface area contributed by atoms with Gasteiger partial charge in [-0.05, 0) is 37.0 Å². The molecule has 1 aromatic carbocycles. The minimum absolute atomic E-state index is 0.375. The minimum Gasteiger partial charge on any atom is -0.508 e. The Morgan fingerprint density at radius 3 is 2.44 bits per heavy atom. The first kappa shape index (κ1) is 17.3. The largest absolute Gasteiger partial charge is 0.508 e. The summed E-state index contributed by atoms with van der Waals surface area (Å²) in [5.74, 6) is 0.375. The molecule has 0 aromatic heterocycles. The molecule has 3 saturated heterocycles. The normalized spacial score (nSPS) is 32.6. The van der Waals surface area contributed by atoms with Crippen LogP contribution in [0.25, 0.3) is 0 Å². The summed E-state index contributed by atoms with van der Waals surface area (Å²) >= 11 is 0. The number of aryl methyl sites for hydroxylation is 1. The Bertz CT molecular complexity index is 557. The molecule has 3 aliphatic heterocycles. The summed E-state index contributed by atoms with van der Waals surface area (Å²) in [7, 11) is 0. The van der Waals surface area contributed by atoms with Gasteiger partial charge in [0.2, 0.25) is 0 Å². The molecule has 3 fully saturated rings. The zero-order valence-corrected chi connectivity index (χ0v) is 14.9. The second kappa shape index (κ2) is 8.07. The molecule has 4 heteroatoms. The number of hydrogen-bond donors (Lipinski definition) is 1. The topological polar surface area (TPSA) is 57.8 Å². The lowest BCUT2D eigenvalue weighted by molar-refractivity contribution is 0.311. The average Bonchev–Trinajstić information content (AvgIpc) is 3.46. The van der Waals surface area contributed by atoms with E-state index in [0.717, 1.165) is 25.9 Å². The van der Waals surface area contributed by atoms with E-state index >= 15 is 0 Å². The van der Waals surface area contributed by atoms with Gasteiger partial charge in [-0.3, -0.25) is 0 Å². The first-order valence-corrected chi connectivity index (χ1v) is 9.98. The van der Waals surface area contributed by atoms with Crippen molar-refractivity contribution in [2.24, 2.45) is 0 Å². The van der Waals surface area contributed by atoms with Crippen LogP contribution >= 0.6 is 0 Å². The van der Waals surface area contributed by atoms with Crippen LogP contribution in [0.1, 0.15) is 56.9 Å². The maximum atomic E-state index is 9.45. The van der Waals surface area contributed by atoms with E-state index in [0.29, 0.717) is 36.3 Å². The SMILES string of the molecule is Oc1cccc(CCCCCCCC2OC2CC2OC2CC2CO2)c1. The number of hydrogen-bond acceptors (Lipinski definition) is 4. The number of unbranched alkanes of at least 4 members (excludes halogenated alkanes) is 4. The Hall–Kier alpha value is -1.10. The predicted octanol–water partition coefficient (Wildman–Crippen LogP) is 3.99. The minimum atomic E-state index is 0.375. The van der Waals surface area contributed by atoms with Crippen molar-refractivity contribution in [3.05, 3.63) is 29.8 Å². The van der Waals surface area contributed by atoms with Crippen molar-refractivity contribution in [3.8, 4) is 5.75 Å². The first-order chi connectivity index (χ1) is 12.3. The van der Waals surface area contributed by atoms with Gasteiger partial charge in [0.15, 0.2) is 0 Å². The quantitative estimate of drug-likeness (QED) is 0.459. The molecule has 138 valence electrons. The zero-order valence-electron chi connectivity index (χ0n) is 14.9. The highest BCUT2D eigenvalue weighted by Crippen LogP contribution is 2.40. The van der Waals surface area contributed by atoms with Gasteiger partial charge in [-0.2, -0.15) is 0 Å². The Morgan fingerprint density at radius 2 is 1.60 bits per heavy atom. The van der Waals surface area contributed by atoms with Crippen molar-refractivity contribution in [2.75, 3.05) is 6.61 Å². The van der Waals surface area contributed by atoms with Crippen LogP contribution in [0.15, 0.2) is 24.3 Å². The van der Waals surface area contributed by atoms with Gasteiger partial charge in [0, 0.05) is 12.8 Å². The van der Waals surface area contributed by atoms with Gasteiger partial charge in [-0.15, -0.1) is 0 Å². The summed E-state index contributed by atoms with van der Waals surface area (Å²) in [5.41, 5.74) is 1.24. The maximum Gasteiger partial charge on any atom is 0.115 e. The van der Waals surface area contributed by atoms with E-state index in [2.05, 4.69) is 6.07 Å².